The van der Waals surface area contributed by atoms with Gasteiger partial charge in [-0.1, -0.05) is 11.6 Å². The number of likely N-dealkylation sites (tertiary alicyclic amines) is 1. The highest BCUT2D eigenvalue weighted by molar-refractivity contribution is 6.30. The summed E-state index contributed by atoms with van der Waals surface area (Å²) < 4.78 is 1.59. The van der Waals surface area contributed by atoms with E-state index in [9.17, 15) is 9.59 Å². The van der Waals surface area contributed by atoms with E-state index in [1.807, 2.05) is 4.90 Å². The molecule has 0 aliphatic carbocycles. The fraction of sp³-hybridized carbons (Fsp3) is 0.571. The van der Waals surface area contributed by atoms with E-state index in [0.29, 0.717) is 47.1 Å². The average molecular weight is 448 g/mol. The van der Waals surface area contributed by atoms with E-state index in [4.69, 9.17) is 17.3 Å². The Morgan fingerprint density at radius 3 is 2.55 bits per heavy atom. The van der Waals surface area contributed by atoms with Crippen molar-refractivity contribution in [1.29, 1.82) is 0 Å². The minimum Gasteiger partial charge on any atom is -0.383 e. The summed E-state index contributed by atoms with van der Waals surface area (Å²) in [6, 6.07) is -0.591. The molecule has 1 aliphatic heterocycles. The Kier molecular flexibility index (Phi) is 7.15. The topological polar surface area (TPSA) is 119 Å². The fourth-order valence-electron chi connectivity index (χ4n) is 4.04. The van der Waals surface area contributed by atoms with Gasteiger partial charge in [0.05, 0.1) is 11.3 Å². The number of nitrogens with zero attached hydrogens (tertiary/aromatic N) is 5. The van der Waals surface area contributed by atoms with Gasteiger partial charge in [-0.3, -0.25) is 14.3 Å². The second-order valence-corrected chi connectivity index (χ2v) is 8.59. The molecule has 9 nitrogen and oxygen atoms in total. The highest BCUT2D eigenvalue weighted by Gasteiger charge is 2.28. The van der Waals surface area contributed by atoms with E-state index in [1.165, 1.54) is 0 Å². The average Bonchev–Trinajstić information content (AvgIpc) is 3.05. The maximum absolute atomic E-state index is 12.8. The second-order valence-electron chi connectivity index (χ2n) is 8.23. The number of nitrogens with two attached hydrogens (primary N) is 1. The van der Waals surface area contributed by atoms with Crippen molar-refractivity contribution in [1.82, 2.24) is 30.0 Å². The molecule has 1 saturated heterocycles. The lowest BCUT2D eigenvalue weighted by Gasteiger charge is -2.33. The monoisotopic (exact) mass is 447 g/mol. The van der Waals surface area contributed by atoms with Gasteiger partial charge in [0, 0.05) is 31.9 Å². The van der Waals surface area contributed by atoms with Crippen LogP contribution in [-0.2, 0) is 18.3 Å². The molecule has 3 rings (SSSR count). The molecule has 0 radical (unpaired) electrons. The number of carbonyl (C=O) groups excluding carboxylic acids is 2. The summed E-state index contributed by atoms with van der Waals surface area (Å²) in [5, 5.41) is 7.39. The number of rotatable bonds is 6. The Morgan fingerprint density at radius 2 is 1.97 bits per heavy atom. The Labute approximate surface area is 187 Å². The molecule has 2 aromatic rings. The number of carbonyl (C=O) groups is 2. The lowest BCUT2D eigenvalue weighted by atomic mass is 9.90. The van der Waals surface area contributed by atoms with Crippen molar-refractivity contribution in [2.24, 2.45) is 13.0 Å². The predicted octanol–water partition coefficient (Wildman–Crippen LogP) is 2.05. The van der Waals surface area contributed by atoms with Crippen LogP contribution in [0.2, 0.25) is 5.15 Å². The van der Waals surface area contributed by atoms with Crippen LogP contribution >= 0.6 is 11.6 Å². The van der Waals surface area contributed by atoms with Gasteiger partial charge in [-0.25, -0.2) is 9.97 Å². The van der Waals surface area contributed by atoms with Crippen molar-refractivity contribution >= 4 is 29.2 Å². The van der Waals surface area contributed by atoms with Gasteiger partial charge in [0.2, 0.25) is 5.91 Å². The summed E-state index contributed by atoms with van der Waals surface area (Å²) >= 11 is 6.23. The van der Waals surface area contributed by atoms with Crippen molar-refractivity contribution < 1.29 is 9.59 Å². The van der Waals surface area contributed by atoms with E-state index in [2.05, 4.69) is 20.4 Å². The van der Waals surface area contributed by atoms with Crippen LogP contribution in [0.15, 0.2) is 6.20 Å². The molecule has 2 amide bonds. The third kappa shape index (κ3) is 5.52. The largest absolute Gasteiger partial charge is 0.383 e. The van der Waals surface area contributed by atoms with Crippen molar-refractivity contribution in [2.45, 2.75) is 52.5 Å². The summed E-state index contributed by atoms with van der Waals surface area (Å²) in [7, 11) is 1.76. The quantitative estimate of drug-likeness (QED) is 0.654. The zero-order valence-electron chi connectivity index (χ0n) is 18.5. The first-order valence-electron chi connectivity index (χ1n) is 10.5. The number of halogens is 1. The lowest BCUT2D eigenvalue weighted by Crippen LogP contribution is -2.49. The summed E-state index contributed by atoms with van der Waals surface area (Å²) in [6.45, 7) is 6.60. The third-order valence-corrected chi connectivity index (χ3v) is 6.12. The Morgan fingerprint density at radius 1 is 1.29 bits per heavy atom. The van der Waals surface area contributed by atoms with Crippen LogP contribution in [0.3, 0.4) is 0 Å². The number of hydrogen-bond acceptors (Lipinski definition) is 6. The molecule has 2 aromatic heterocycles. The van der Waals surface area contributed by atoms with Crippen molar-refractivity contribution in [2.75, 3.05) is 18.8 Å². The molecule has 1 atom stereocenters. The smallest absolute Gasteiger partial charge is 0.255 e. The summed E-state index contributed by atoms with van der Waals surface area (Å²) in [6.07, 6.45) is 5.10. The van der Waals surface area contributed by atoms with Crippen LogP contribution in [0.5, 0.6) is 0 Å². The molecule has 0 bridgehead atoms. The highest BCUT2D eigenvalue weighted by atomic mass is 35.5. The number of amides is 2. The summed E-state index contributed by atoms with van der Waals surface area (Å²) in [5.74, 6) is 1.14. The van der Waals surface area contributed by atoms with Crippen molar-refractivity contribution in [3.05, 3.63) is 34.0 Å². The molecule has 0 spiro atoms. The number of aromatic nitrogens is 4. The van der Waals surface area contributed by atoms with E-state index in [-0.39, 0.29) is 11.8 Å². The maximum Gasteiger partial charge on any atom is 0.255 e. The van der Waals surface area contributed by atoms with Gasteiger partial charge in [0.15, 0.2) is 0 Å². The first kappa shape index (κ1) is 23.0. The molecular weight excluding hydrogens is 418 g/mol. The van der Waals surface area contributed by atoms with Crippen LogP contribution in [0, 0.1) is 19.8 Å². The normalized spacial score (nSPS) is 15.7. The zero-order valence-corrected chi connectivity index (χ0v) is 19.2. The molecule has 0 unspecified atom stereocenters. The van der Waals surface area contributed by atoms with Gasteiger partial charge < -0.3 is 16.0 Å². The summed E-state index contributed by atoms with van der Waals surface area (Å²) in [5.41, 5.74) is 7.92. The minimum absolute atomic E-state index is 0.0624. The molecule has 3 N–H and O–H groups in total. The van der Waals surface area contributed by atoms with Crippen LogP contribution in [0.25, 0.3) is 0 Å². The van der Waals surface area contributed by atoms with Crippen LogP contribution < -0.4 is 11.1 Å². The van der Waals surface area contributed by atoms with Gasteiger partial charge in [-0.05, 0) is 52.4 Å². The van der Waals surface area contributed by atoms with Gasteiger partial charge in [-0.2, -0.15) is 5.10 Å². The van der Waals surface area contributed by atoms with E-state index < -0.39 is 6.04 Å². The minimum atomic E-state index is -0.591. The second kappa shape index (κ2) is 9.64. The number of piperidine rings is 1. The molecule has 0 saturated carbocycles. The zero-order chi connectivity index (χ0) is 22.7. The van der Waals surface area contributed by atoms with E-state index in [1.54, 1.807) is 38.7 Å². The lowest BCUT2D eigenvalue weighted by molar-refractivity contribution is -0.134. The van der Waals surface area contributed by atoms with Gasteiger partial charge >= 0.3 is 0 Å². The number of hydrogen-bond donors (Lipinski definition) is 2. The van der Waals surface area contributed by atoms with Crippen molar-refractivity contribution in [3.63, 3.8) is 0 Å². The maximum atomic E-state index is 12.8. The summed E-state index contributed by atoms with van der Waals surface area (Å²) in [4.78, 5) is 35.5. The predicted molar refractivity (Wildman–Crippen MR) is 119 cm³/mol. The fourth-order valence-corrected chi connectivity index (χ4v) is 4.35. The SMILES string of the molecule is Cc1nc(N)c(CCC2CCN(C(=O)[C@H](C)NC(=O)c3cn(C)nc3C)CC2)c(Cl)n1. The van der Waals surface area contributed by atoms with Crippen molar-refractivity contribution in [3.8, 4) is 0 Å². The molecule has 31 heavy (non-hydrogen) atoms. The van der Waals surface area contributed by atoms with Gasteiger partial charge in [0.25, 0.3) is 5.91 Å². The first-order valence-corrected chi connectivity index (χ1v) is 10.9. The number of nitrogens with one attached hydrogen (secondary N) is 1. The third-order valence-electron chi connectivity index (χ3n) is 5.81. The molecule has 1 aliphatic rings. The molecule has 3 heterocycles. The van der Waals surface area contributed by atoms with Gasteiger partial charge in [-0.15, -0.1) is 0 Å². The standard InChI is InChI=1S/C21H30ClN7O2/c1-12-17(11-28(4)27-12)20(30)24-13(2)21(31)29-9-7-15(8-10-29)5-6-16-18(22)25-14(3)26-19(16)23/h11,13,15H,5-10H2,1-4H3,(H,24,30)(H2,23,25,26)/t13-/m0/s1. The molecule has 0 aromatic carbocycles. The Hall–Kier alpha value is -2.68. The van der Waals surface area contributed by atoms with Gasteiger partial charge in [0.1, 0.15) is 22.8 Å². The Bertz CT molecular complexity index is 944. The molecule has 10 heteroatoms. The van der Waals surface area contributed by atoms with Crippen LogP contribution in [0.1, 0.15) is 53.6 Å². The molecular formula is C21H30ClN7O2. The molecule has 1 fully saturated rings. The Balaban J connectivity index is 1.48. The number of nitrogen functional groups attached to an aromatic ring is 1. The van der Waals surface area contributed by atoms with E-state index >= 15 is 0 Å². The highest BCUT2D eigenvalue weighted by Crippen LogP contribution is 2.26. The number of anilines is 1. The van der Waals surface area contributed by atoms with Crippen LogP contribution in [0.4, 0.5) is 5.82 Å². The van der Waals surface area contributed by atoms with E-state index in [0.717, 1.165) is 31.2 Å². The number of aryl methyl sites for hydroxylation is 3. The molecule has 168 valence electrons. The van der Waals surface area contributed by atoms with Crippen LogP contribution in [-0.4, -0.2) is 55.6 Å². The first-order chi connectivity index (χ1) is 14.7.